The lowest BCUT2D eigenvalue weighted by atomic mass is 10.2. The summed E-state index contributed by atoms with van der Waals surface area (Å²) in [6, 6.07) is -0.427. The third-order valence-corrected chi connectivity index (χ3v) is 3.66. The molecule has 1 fully saturated rings. The predicted molar refractivity (Wildman–Crippen MR) is 69.4 cm³/mol. The molecule has 0 atom stereocenters. The van der Waals surface area contributed by atoms with Gasteiger partial charge in [-0.05, 0) is 19.3 Å². The predicted octanol–water partition coefficient (Wildman–Crippen LogP) is 1.24. The largest absolute Gasteiger partial charge is 0.368 e. The van der Waals surface area contributed by atoms with Crippen molar-refractivity contribution in [1.82, 2.24) is 10.3 Å². The molecule has 1 saturated carbocycles. The first-order valence-electron chi connectivity index (χ1n) is 5.89. The highest BCUT2D eigenvalue weighted by atomic mass is 32.1. The number of anilines is 1. The Morgan fingerprint density at radius 3 is 2.83 bits per heavy atom. The van der Waals surface area contributed by atoms with E-state index in [1.165, 1.54) is 11.3 Å². The van der Waals surface area contributed by atoms with E-state index in [9.17, 15) is 9.59 Å². The monoisotopic (exact) mass is 268 g/mol. The summed E-state index contributed by atoms with van der Waals surface area (Å²) in [5.74, 6) is -0.483. The Kier molecular flexibility index (Phi) is 3.51. The van der Waals surface area contributed by atoms with Crippen LogP contribution in [0.25, 0.3) is 0 Å². The molecular formula is C11H16N4O2S. The minimum Gasteiger partial charge on any atom is -0.368 e. The van der Waals surface area contributed by atoms with Gasteiger partial charge in [-0.1, -0.05) is 13.3 Å². The highest BCUT2D eigenvalue weighted by Gasteiger charge is 2.50. The third kappa shape index (κ3) is 2.79. The van der Waals surface area contributed by atoms with Gasteiger partial charge in [-0.2, -0.15) is 0 Å². The lowest BCUT2D eigenvalue weighted by Crippen LogP contribution is -2.48. The van der Waals surface area contributed by atoms with E-state index < -0.39 is 17.5 Å². The highest BCUT2D eigenvalue weighted by Crippen LogP contribution is 2.34. The van der Waals surface area contributed by atoms with Gasteiger partial charge in [0.25, 0.3) is 0 Å². The zero-order valence-electron chi connectivity index (χ0n) is 10.2. The first-order valence-corrected chi connectivity index (χ1v) is 6.77. The molecule has 98 valence electrons. The van der Waals surface area contributed by atoms with E-state index in [0.29, 0.717) is 18.0 Å². The number of nitrogens with zero attached hydrogens (tertiary/aromatic N) is 1. The number of hydrogen-bond acceptors (Lipinski definition) is 4. The molecular weight excluding hydrogens is 252 g/mol. The minimum atomic E-state index is -0.840. The van der Waals surface area contributed by atoms with Gasteiger partial charge >= 0.3 is 6.03 Å². The number of aryl methyl sites for hydroxylation is 1. The van der Waals surface area contributed by atoms with E-state index >= 15 is 0 Å². The van der Waals surface area contributed by atoms with E-state index in [-0.39, 0.29) is 0 Å². The van der Waals surface area contributed by atoms with Crippen molar-refractivity contribution in [1.29, 1.82) is 0 Å². The average molecular weight is 268 g/mol. The molecule has 4 N–H and O–H groups in total. The minimum absolute atomic E-state index is 0.427. The Balaban J connectivity index is 1.89. The summed E-state index contributed by atoms with van der Waals surface area (Å²) >= 11 is 1.37. The zero-order chi connectivity index (χ0) is 13.2. The number of carbonyl (C=O) groups excluding carboxylic acids is 2. The van der Waals surface area contributed by atoms with Crippen LogP contribution >= 0.6 is 11.3 Å². The fraction of sp³-hybridized carbons (Fsp3) is 0.545. The van der Waals surface area contributed by atoms with Crippen molar-refractivity contribution < 1.29 is 9.59 Å². The standard InChI is InChI=1S/C11H16N4O2S/c1-2-3-7-6-18-10(13-7)14-9(17)15-11(4-5-11)8(12)16/h6H,2-5H2,1H3,(H2,12,16)(H2,13,14,15,17). The normalized spacial score (nSPS) is 16.1. The Morgan fingerprint density at radius 2 is 2.28 bits per heavy atom. The molecule has 1 aromatic heterocycles. The second kappa shape index (κ2) is 4.93. The van der Waals surface area contributed by atoms with Gasteiger partial charge in [0.1, 0.15) is 5.54 Å². The number of aromatic nitrogens is 1. The maximum Gasteiger partial charge on any atom is 0.321 e. The van der Waals surface area contributed by atoms with Crippen LogP contribution in [0.15, 0.2) is 5.38 Å². The van der Waals surface area contributed by atoms with Gasteiger partial charge in [0.2, 0.25) is 5.91 Å². The molecule has 3 amide bonds. The summed E-state index contributed by atoms with van der Waals surface area (Å²) in [5, 5.41) is 7.67. The number of thiazole rings is 1. The summed E-state index contributed by atoms with van der Waals surface area (Å²) < 4.78 is 0. The van der Waals surface area contributed by atoms with Gasteiger partial charge in [-0.15, -0.1) is 11.3 Å². The second-order valence-corrected chi connectivity index (χ2v) is 5.28. The summed E-state index contributed by atoms with van der Waals surface area (Å²) in [6.45, 7) is 2.07. The Bertz CT molecular complexity index is 467. The molecule has 0 bridgehead atoms. The quantitative estimate of drug-likeness (QED) is 0.749. The van der Waals surface area contributed by atoms with Crippen molar-refractivity contribution >= 4 is 28.4 Å². The number of carbonyl (C=O) groups is 2. The van der Waals surface area contributed by atoms with Crippen molar-refractivity contribution in [3.8, 4) is 0 Å². The summed E-state index contributed by atoms with van der Waals surface area (Å²) in [7, 11) is 0. The highest BCUT2D eigenvalue weighted by molar-refractivity contribution is 7.13. The third-order valence-electron chi connectivity index (χ3n) is 2.85. The van der Waals surface area contributed by atoms with Crippen LogP contribution in [-0.2, 0) is 11.2 Å². The van der Waals surface area contributed by atoms with Crippen LogP contribution in [0, 0.1) is 0 Å². The molecule has 0 spiro atoms. The molecule has 1 heterocycles. The van der Waals surface area contributed by atoms with Crippen LogP contribution in [0.5, 0.6) is 0 Å². The topological polar surface area (TPSA) is 97.1 Å². The summed E-state index contributed by atoms with van der Waals surface area (Å²) in [4.78, 5) is 27.1. The van der Waals surface area contributed by atoms with Gasteiger partial charge in [0.15, 0.2) is 5.13 Å². The van der Waals surface area contributed by atoms with Crippen molar-refractivity contribution in [3.63, 3.8) is 0 Å². The summed E-state index contributed by atoms with van der Waals surface area (Å²) in [5.41, 5.74) is 5.35. The molecule has 0 radical (unpaired) electrons. The smallest absolute Gasteiger partial charge is 0.321 e. The van der Waals surface area contributed by atoms with E-state index in [4.69, 9.17) is 5.73 Å². The molecule has 2 rings (SSSR count). The average Bonchev–Trinajstić information content (AvgIpc) is 2.95. The maximum atomic E-state index is 11.7. The second-order valence-electron chi connectivity index (χ2n) is 4.42. The van der Waals surface area contributed by atoms with E-state index in [2.05, 4.69) is 22.5 Å². The van der Waals surface area contributed by atoms with Crippen LogP contribution in [0.2, 0.25) is 0 Å². The number of urea groups is 1. The molecule has 1 aliphatic carbocycles. The fourth-order valence-electron chi connectivity index (χ4n) is 1.64. The fourth-order valence-corrected chi connectivity index (χ4v) is 2.38. The van der Waals surface area contributed by atoms with Gasteiger partial charge in [0.05, 0.1) is 5.69 Å². The lowest BCUT2D eigenvalue weighted by molar-refractivity contribution is -0.120. The van der Waals surface area contributed by atoms with Crippen LogP contribution < -0.4 is 16.4 Å². The van der Waals surface area contributed by atoms with Crippen molar-refractivity contribution in [2.45, 2.75) is 38.1 Å². The lowest BCUT2D eigenvalue weighted by Gasteiger charge is -2.12. The van der Waals surface area contributed by atoms with Gasteiger partial charge in [-0.3, -0.25) is 10.1 Å². The molecule has 6 nitrogen and oxygen atoms in total. The molecule has 0 unspecified atom stereocenters. The van der Waals surface area contributed by atoms with E-state index in [1.807, 2.05) is 5.38 Å². The number of nitrogens with two attached hydrogens (primary N) is 1. The van der Waals surface area contributed by atoms with Gasteiger partial charge in [-0.25, -0.2) is 9.78 Å². The summed E-state index contributed by atoms with van der Waals surface area (Å²) in [6.07, 6.45) is 3.12. The molecule has 1 aliphatic rings. The molecule has 18 heavy (non-hydrogen) atoms. The van der Waals surface area contributed by atoms with Crippen molar-refractivity contribution in [2.75, 3.05) is 5.32 Å². The van der Waals surface area contributed by atoms with E-state index in [0.717, 1.165) is 18.5 Å². The number of hydrogen-bond donors (Lipinski definition) is 3. The Hall–Kier alpha value is -1.63. The molecule has 0 aliphatic heterocycles. The number of nitrogens with one attached hydrogen (secondary N) is 2. The van der Waals surface area contributed by atoms with Crippen LogP contribution in [0.1, 0.15) is 31.9 Å². The van der Waals surface area contributed by atoms with Gasteiger partial charge in [0, 0.05) is 5.38 Å². The maximum absolute atomic E-state index is 11.7. The SMILES string of the molecule is CCCc1csc(NC(=O)NC2(C(N)=O)CC2)n1. The molecule has 7 heteroatoms. The van der Waals surface area contributed by atoms with Crippen molar-refractivity contribution in [3.05, 3.63) is 11.1 Å². The Morgan fingerprint density at radius 1 is 1.56 bits per heavy atom. The first kappa shape index (κ1) is 12.8. The Labute approximate surface area is 109 Å². The van der Waals surface area contributed by atoms with Crippen LogP contribution in [0.4, 0.5) is 9.93 Å². The number of rotatable bonds is 5. The molecule has 0 saturated heterocycles. The number of amides is 3. The van der Waals surface area contributed by atoms with Crippen LogP contribution in [-0.4, -0.2) is 22.5 Å². The van der Waals surface area contributed by atoms with Gasteiger partial charge < -0.3 is 11.1 Å². The van der Waals surface area contributed by atoms with E-state index in [1.54, 1.807) is 0 Å². The number of primary amides is 1. The zero-order valence-corrected chi connectivity index (χ0v) is 11.0. The van der Waals surface area contributed by atoms with Crippen molar-refractivity contribution in [2.24, 2.45) is 5.73 Å². The molecule has 1 aromatic rings. The molecule has 0 aromatic carbocycles. The first-order chi connectivity index (χ1) is 8.55. The van der Waals surface area contributed by atoms with Crippen LogP contribution in [0.3, 0.4) is 0 Å².